The summed E-state index contributed by atoms with van der Waals surface area (Å²) >= 11 is 0. The van der Waals surface area contributed by atoms with Crippen LogP contribution in [-0.4, -0.2) is 31.1 Å². The zero-order valence-corrected chi connectivity index (χ0v) is 13.5. The molecular weight excluding hydrogens is 280 g/mol. The molecular formula is C17H24N2O3. The normalized spacial score (nSPS) is 16.2. The predicted molar refractivity (Wildman–Crippen MR) is 87.3 cm³/mol. The zero-order valence-electron chi connectivity index (χ0n) is 13.5. The van der Waals surface area contributed by atoms with Crippen molar-refractivity contribution >= 4 is 23.8 Å². The molecule has 0 aromatic heterocycles. The van der Waals surface area contributed by atoms with E-state index in [9.17, 15) is 9.59 Å². The van der Waals surface area contributed by atoms with Gasteiger partial charge in [-0.1, -0.05) is 0 Å². The van der Waals surface area contributed by atoms with Crippen LogP contribution in [0.15, 0.2) is 24.3 Å². The Bertz CT molecular complexity index is 512. The van der Waals surface area contributed by atoms with Crippen molar-refractivity contribution in [3.63, 3.8) is 0 Å². The van der Waals surface area contributed by atoms with Crippen LogP contribution in [0.2, 0.25) is 0 Å². The number of hydrogen-bond acceptors (Lipinski definition) is 4. The number of piperidine rings is 1. The number of nitrogens with one attached hydrogen (secondary N) is 1. The van der Waals surface area contributed by atoms with Gasteiger partial charge in [-0.05, 0) is 57.9 Å². The van der Waals surface area contributed by atoms with Crippen LogP contribution in [0.25, 0.3) is 0 Å². The average molecular weight is 304 g/mol. The van der Waals surface area contributed by atoms with Gasteiger partial charge < -0.3 is 14.4 Å². The van der Waals surface area contributed by atoms with E-state index in [4.69, 9.17) is 4.74 Å². The first-order valence-electron chi connectivity index (χ1n) is 7.68. The molecule has 5 heteroatoms. The molecule has 1 aliphatic rings. The Morgan fingerprint density at radius 3 is 2.32 bits per heavy atom. The lowest BCUT2D eigenvalue weighted by atomic mass is 9.98. The van der Waals surface area contributed by atoms with E-state index in [1.807, 2.05) is 45.0 Å². The minimum Gasteiger partial charge on any atom is -0.444 e. The lowest BCUT2D eigenvalue weighted by molar-refractivity contribution is -0.111. The highest BCUT2D eigenvalue weighted by molar-refractivity contribution is 5.85. The van der Waals surface area contributed by atoms with Gasteiger partial charge in [0.15, 0.2) is 0 Å². The van der Waals surface area contributed by atoms with E-state index in [1.54, 1.807) is 0 Å². The Balaban J connectivity index is 1.90. The molecule has 1 fully saturated rings. The number of benzene rings is 1. The first-order chi connectivity index (χ1) is 10.4. The average Bonchev–Trinajstić information content (AvgIpc) is 2.46. The van der Waals surface area contributed by atoms with Gasteiger partial charge in [0, 0.05) is 30.4 Å². The quantitative estimate of drug-likeness (QED) is 0.869. The lowest BCUT2D eigenvalue weighted by Gasteiger charge is -2.31. The van der Waals surface area contributed by atoms with Crippen LogP contribution in [0, 0.1) is 5.92 Å². The topological polar surface area (TPSA) is 58.6 Å². The van der Waals surface area contributed by atoms with E-state index in [-0.39, 0.29) is 5.92 Å². The molecule has 5 nitrogen and oxygen atoms in total. The third-order valence-electron chi connectivity index (χ3n) is 3.61. The fourth-order valence-electron chi connectivity index (χ4n) is 2.47. The summed E-state index contributed by atoms with van der Waals surface area (Å²) in [5.74, 6) is 0.198. The molecule has 2 rings (SSSR count). The first-order valence-corrected chi connectivity index (χ1v) is 7.68. The van der Waals surface area contributed by atoms with Crippen molar-refractivity contribution in [1.82, 2.24) is 0 Å². The molecule has 1 aromatic rings. The van der Waals surface area contributed by atoms with Gasteiger partial charge >= 0.3 is 6.09 Å². The number of carbonyl (C=O) groups is 2. The summed E-state index contributed by atoms with van der Waals surface area (Å²) < 4.78 is 5.22. The van der Waals surface area contributed by atoms with E-state index in [2.05, 4.69) is 10.2 Å². The molecule has 0 bridgehead atoms. The van der Waals surface area contributed by atoms with Gasteiger partial charge in [0.05, 0.1) is 0 Å². The summed E-state index contributed by atoms with van der Waals surface area (Å²) in [5.41, 5.74) is 1.31. The number of rotatable bonds is 3. The number of ether oxygens (including phenoxy) is 1. The zero-order chi connectivity index (χ0) is 16.2. The summed E-state index contributed by atoms with van der Waals surface area (Å²) in [7, 11) is 0. The van der Waals surface area contributed by atoms with E-state index in [0.29, 0.717) is 5.69 Å². The van der Waals surface area contributed by atoms with Crippen molar-refractivity contribution in [1.29, 1.82) is 0 Å². The summed E-state index contributed by atoms with van der Waals surface area (Å²) in [5, 5.41) is 2.72. The Morgan fingerprint density at radius 2 is 1.82 bits per heavy atom. The molecule has 1 heterocycles. The van der Waals surface area contributed by atoms with Crippen LogP contribution in [0.3, 0.4) is 0 Å². The summed E-state index contributed by atoms with van der Waals surface area (Å²) in [4.78, 5) is 24.7. The van der Waals surface area contributed by atoms with Gasteiger partial charge in [-0.25, -0.2) is 4.79 Å². The number of hydrogen-bond donors (Lipinski definition) is 1. The minimum absolute atomic E-state index is 0.198. The van der Waals surface area contributed by atoms with Crippen LogP contribution >= 0.6 is 0 Å². The molecule has 0 radical (unpaired) electrons. The van der Waals surface area contributed by atoms with Gasteiger partial charge in [0.1, 0.15) is 11.9 Å². The van der Waals surface area contributed by atoms with Crippen LogP contribution in [-0.2, 0) is 9.53 Å². The molecule has 1 aromatic carbocycles. The Hall–Kier alpha value is -2.04. The fraction of sp³-hybridized carbons (Fsp3) is 0.529. The van der Waals surface area contributed by atoms with Crippen molar-refractivity contribution in [2.75, 3.05) is 23.3 Å². The molecule has 1 amide bonds. The van der Waals surface area contributed by atoms with Crippen LogP contribution < -0.4 is 10.2 Å². The van der Waals surface area contributed by atoms with E-state index in [1.165, 1.54) is 0 Å². The number of nitrogens with zero attached hydrogens (tertiary/aromatic N) is 1. The minimum atomic E-state index is -0.507. The summed E-state index contributed by atoms with van der Waals surface area (Å²) in [6.07, 6.45) is 2.42. The third kappa shape index (κ3) is 4.76. The summed E-state index contributed by atoms with van der Waals surface area (Å²) in [6, 6.07) is 7.69. The molecule has 1 N–H and O–H groups in total. The highest BCUT2D eigenvalue weighted by Gasteiger charge is 2.19. The summed E-state index contributed by atoms with van der Waals surface area (Å²) in [6.45, 7) is 7.28. The molecule has 120 valence electrons. The predicted octanol–water partition coefficient (Wildman–Crippen LogP) is 3.45. The van der Waals surface area contributed by atoms with Gasteiger partial charge in [-0.15, -0.1) is 0 Å². The van der Waals surface area contributed by atoms with Gasteiger partial charge in [0.2, 0.25) is 0 Å². The number of carbonyl (C=O) groups excluding carboxylic acids is 2. The number of anilines is 2. The molecule has 1 saturated heterocycles. The maximum atomic E-state index is 11.7. The van der Waals surface area contributed by atoms with E-state index in [0.717, 1.165) is 37.9 Å². The molecule has 0 aliphatic carbocycles. The smallest absolute Gasteiger partial charge is 0.412 e. The van der Waals surface area contributed by atoms with E-state index >= 15 is 0 Å². The van der Waals surface area contributed by atoms with Gasteiger partial charge in [-0.2, -0.15) is 0 Å². The molecule has 0 saturated carbocycles. The molecule has 0 atom stereocenters. The Kier molecular flexibility index (Phi) is 5.06. The maximum Gasteiger partial charge on any atom is 0.412 e. The second-order valence-electron chi connectivity index (χ2n) is 6.63. The van der Waals surface area contributed by atoms with Crippen LogP contribution in [0.5, 0.6) is 0 Å². The van der Waals surface area contributed by atoms with Crippen molar-refractivity contribution < 1.29 is 14.3 Å². The molecule has 22 heavy (non-hydrogen) atoms. The number of amides is 1. The first kappa shape index (κ1) is 16.3. The Morgan fingerprint density at radius 1 is 1.23 bits per heavy atom. The lowest BCUT2D eigenvalue weighted by Crippen LogP contribution is -2.34. The monoisotopic (exact) mass is 304 g/mol. The second kappa shape index (κ2) is 6.81. The van der Waals surface area contributed by atoms with Gasteiger partial charge in [0.25, 0.3) is 0 Å². The third-order valence-corrected chi connectivity index (χ3v) is 3.61. The molecule has 0 unspecified atom stereocenters. The largest absolute Gasteiger partial charge is 0.444 e. The van der Waals surface area contributed by atoms with Crippen LogP contribution in [0.1, 0.15) is 33.6 Å². The van der Waals surface area contributed by atoms with Crippen LogP contribution in [0.4, 0.5) is 16.2 Å². The fourth-order valence-corrected chi connectivity index (χ4v) is 2.47. The SMILES string of the molecule is CC(C)(C)OC(=O)Nc1ccc(N2CCC(C=O)CC2)cc1. The second-order valence-corrected chi connectivity index (χ2v) is 6.63. The number of aldehydes is 1. The standard InChI is InChI=1S/C17H24N2O3/c1-17(2,3)22-16(21)18-14-4-6-15(7-5-14)19-10-8-13(12-20)9-11-19/h4-7,12-13H,8-11H2,1-3H3,(H,18,21). The molecule has 1 aliphatic heterocycles. The maximum absolute atomic E-state index is 11.7. The highest BCUT2D eigenvalue weighted by atomic mass is 16.6. The van der Waals surface area contributed by atoms with Gasteiger partial charge in [-0.3, -0.25) is 5.32 Å². The van der Waals surface area contributed by atoms with Crippen molar-refractivity contribution in [3.05, 3.63) is 24.3 Å². The molecule has 0 spiro atoms. The highest BCUT2D eigenvalue weighted by Crippen LogP contribution is 2.24. The Labute approximate surface area is 131 Å². The van der Waals surface area contributed by atoms with Crippen molar-refractivity contribution in [3.8, 4) is 0 Å². The van der Waals surface area contributed by atoms with Crippen molar-refractivity contribution in [2.45, 2.75) is 39.2 Å². The van der Waals surface area contributed by atoms with E-state index < -0.39 is 11.7 Å². The van der Waals surface area contributed by atoms with Crippen molar-refractivity contribution in [2.24, 2.45) is 5.92 Å².